The van der Waals surface area contributed by atoms with Crippen molar-refractivity contribution < 1.29 is 4.79 Å². The van der Waals surface area contributed by atoms with Crippen molar-refractivity contribution in [1.29, 1.82) is 0 Å². The van der Waals surface area contributed by atoms with Crippen molar-refractivity contribution in [3.8, 4) is 0 Å². The summed E-state index contributed by atoms with van der Waals surface area (Å²) < 4.78 is 0. The molecule has 4 nitrogen and oxygen atoms in total. The third-order valence-electron chi connectivity index (χ3n) is 1.17. The third-order valence-corrected chi connectivity index (χ3v) is 1.17. The molecule has 4 heteroatoms. The Morgan fingerprint density at radius 1 is 1.15 bits per heavy atom. The number of carbonyl (C=O) groups is 1. The van der Waals surface area contributed by atoms with Gasteiger partial charge in [0.15, 0.2) is 5.78 Å². The fourth-order valence-corrected chi connectivity index (χ4v) is 0.637. The number of rotatable bonds is 4. The molecule has 0 spiro atoms. The van der Waals surface area contributed by atoms with Crippen LogP contribution in [0.25, 0.3) is 0 Å². The van der Waals surface area contributed by atoms with Crippen molar-refractivity contribution in [1.82, 2.24) is 9.80 Å². The van der Waals surface area contributed by atoms with Crippen molar-refractivity contribution in [3.05, 3.63) is 11.9 Å². The van der Waals surface area contributed by atoms with Crippen molar-refractivity contribution in [2.75, 3.05) is 28.2 Å². The molecule has 0 aromatic heterocycles. The fraction of sp³-hybridized carbons (Fsp3) is 0.556. The smallest absolute Gasteiger partial charge is 0.179 e. The zero-order chi connectivity index (χ0) is 10.4. The predicted molar refractivity (Wildman–Crippen MR) is 54.6 cm³/mol. The largest absolute Gasteiger partial charge is 0.382 e. The lowest BCUT2D eigenvalue weighted by molar-refractivity contribution is -0.113. The molecule has 0 rings (SSSR count). The maximum absolute atomic E-state index is 11.1. The normalized spacial score (nSPS) is 11.9. The molecule has 0 saturated carbocycles. The molecule has 0 heterocycles. The lowest BCUT2D eigenvalue weighted by Gasteiger charge is -2.07. The Morgan fingerprint density at radius 3 is 2.00 bits per heavy atom. The molecule has 0 aliphatic carbocycles. The Kier molecular flexibility index (Phi) is 4.80. The number of aliphatic imine (C=N–C) groups is 1. The van der Waals surface area contributed by atoms with E-state index in [9.17, 15) is 4.79 Å². The van der Waals surface area contributed by atoms with Crippen LogP contribution in [0.3, 0.4) is 0 Å². The molecular formula is C9H17N3O. The maximum Gasteiger partial charge on any atom is 0.179 e. The third kappa shape index (κ3) is 5.90. The lowest BCUT2D eigenvalue weighted by atomic mass is 10.3. The highest BCUT2D eigenvalue weighted by atomic mass is 16.1. The minimum atomic E-state index is -0.0354. The van der Waals surface area contributed by atoms with Crippen molar-refractivity contribution in [3.63, 3.8) is 0 Å². The molecule has 13 heavy (non-hydrogen) atoms. The molecule has 0 radical (unpaired) electrons. The summed E-state index contributed by atoms with van der Waals surface area (Å²) in [6.07, 6.45) is 3.30. The summed E-state index contributed by atoms with van der Waals surface area (Å²) in [5.74, 6) is -0.0354. The van der Waals surface area contributed by atoms with Crippen molar-refractivity contribution in [2.45, 2.75) is 6.92 Å². The summed E-state index contributed by atoms with van der Waals surface area (Å²) in [5, 5.41) is 0. The van der Waals surface area contributed by atoms with Crippen LogP contribution in [0.5, 0.6) is 0 Å². The second-order valence-electron chi connectivity index (χ2n) is 3.24. The molecule has 0 fully saturated rings. The van der Waals surface area contributed by atoms with Crippen LogP contribution in [0.1, 0.15) is 6.92 Å². The Balaban J connectivity index is 4.54. The molecule has 0 aromatic rings. The molecule has 0 aliphatic heterocycles. The number of ketones is 1. The predicted octanol–water partition coefficient (Wildman–Crippen LogP) is 0.568. The lowest BCUT2D eigenvalue weighted by Crippen LogP contribution is -2.10. The monoisotopic (exact) mass is 183 g/mol. The van der Waals surface area contributed by atoms with Crippen LogP contribution in [-0.2, 0) is 4.79 Å². The highest BCUT2D eigenvalue weighted by Crippen LogP contribution is 1.98. The van der Waals surface area contributed by atoms with Crippen LogP contribution in [0.15, 0.2) is 16.9 Å². The first-order chi connectivity index (χ1) is 5.93. The van der Waals surface area contributed by atoms with E-state index in [1.54, 1.807) is 22.3 Å². The highest BCUT2D eigenvalue weighted by molar-refractivity contribution is 5.94. The van der Waals surface area contributed by atoms with Gasteiger partial charge in [0, 0.05) is 41.3 Å². The molecule has 0 bridgehead atoms. The van der Waals surface area contributed by atoms with Gasteiger partial charge in [-0.15, -0.1) is 0 Å². The zero-order valence-corrected chi connectivity index (χ0v) is 8.90. The van der Waals surface area contributed by atoms with Gasteiger partial charge in [-0.05, 0) is 0 Å². The van der Waals surface area contributed by atoms with Gasteiger partial charge in [0.05, 0.1) is 6.34 Å². The van der Waals surface area contributed by atoms with Crippen LogP contribution < -0.4 is 0 Å². The van der Waals surface area contributed by atoms with Crippen LogP contribution in [0.4, 0.5) is 0 Å². The molecular weight excluding hydrogens is 166 g/mol. The Morgan fingerprint density at radius 2 is 1.69 bits per heavy atom. The number of hydrogen-bond acceptors (Lipinski definition) is 3. The summed E-state index contributed by atoms with van der Waals surface area (Å²) in [6.45, 7) is 1.50. The number of carbonyl (C=O) groups excluding carboxylic acids is 1. The first-order valence-corrected chi connectivity index (χ1v) is 4.03. The highest BCUT2D eigenvalue weighted by Gasteiger charge is 2.00. The number of hydrogen-bond donors (Lipinski definition) is 0. The summed E-state index contributed by atoms with van der Waals surface area (Å²) in [6, 6.07) is 0. The van der Waals surface area contributed by atoms with E-state index in [1.807, 2.05) is 28.2 Å². The van der Waals surface area contributed by atoms with Gasteiger partial charge >= 0.3 is 0 Å². The van der Waals surface area contributed by atoms with Gasteiger partial charge in [-0.3, -0.25) is 4.79 Å². The van der Waals surface area contributed by atoms with E-state index in [0.717, 1.165) is 0 Å². The number of allylic oxidation sites excluding steroid dienone is 1. The van der Waals surface area contributed by atoms with Crippen molar-refractivity contribution in [2.24, 2.45) is 4.99 Å². The molecule has 0 aliphatic rings. The van der Waals surface area contributed by atoms with Crippen LogP contribution in [0.2, 0.25) is 0 Å². The van der Waals surface area contributed by atoms with Gasteiger partial charge in [-0.2, -0.15) is 0 Å². The van der Waals surface area contributed by atoms with Gasteiger partial charge in [0.2, 0.25) is 0 Å². The van der Waals surface area contributed by atoms with Crippen LogP contribution in [-0.4, -0.2) is 50.1 Å². The van der Waals surface area contributed by atoms with E-state index >= 15 is 0 Å². The minimum Gasteiger partial charge on any atom is -0.382 e. The second kappa shape index (κ2) is 5.35. The second-order valence-corrected chi connectivity index (χ2v) is 3.24. The van der Waals surface area contributed by atoms with Gasteiger partial charge in [-0.1, -0.05) is 0 Å². The standard InChI is InChI=1S/C9H17N3O/c1-8(13)9(6-11(2)3)10-7-12(4)5/h6-7H,1-5H3/b9-6+,10-7+. The van der Waals surface area contributed by atoms with Crippen LogP contribution in [0, 0.1) is 0 Å². The zero-order valence-electron chi connectivity index (χ0n) is 8.90. The minimum absolute atomic E-state index is 0.0354. The van der Waals surface area contributed by atoms with E-state index in [1.165, 1.54) is 6.92 Å². The Bertz CT molecular complexity index is 229. The SMILES string of the molecule is CC(=O)C(=C\N(C)C)/N=C/N(C)C. The molecule has 0 amide bonds. The summed E-state index contributed by atoms with van der Waals surface area (Å²) >= 11 is 0. The molecule has 0 aromatic carbocycles. The van der Waals surface area contributed by atoms with Gasteiger partial charge < -0.3 is 9.80 Å². The average molecular weight is 183 g/mol. The van der Waals surface area contributed by atoms with E-state index < -0.39 is 0 Å². The molecule has 0 atom stereocenters. The topological polar surface area (TPSA) is 35.9 Å². The summed E-state index contributed by atoms with van der Waals surface area (Å²) in [7, 11) is 7.43. The van der Waals surface area contributed by atoms with Crippen molar-refractivity contribution >= 4 is 12.1 Å². The van der Waals surface area contributed by atoms with E-state index in [0.29, 0.717) is 5.70 Å². The van der Waals surface area contributed by atoms with E-state index in [2.05, 4.69) is 4.99 Å². The molecule has 0 N–H and O–H groups in total. The summed E-state index contributed by atoms with van der Waals surface area (Å²) in [5.41, 5.74) is 0.457. The maximum atomic E-state index is 11.1. The Hall–Kier alpha value is -1.32. The average Bonchev–Trinajstić information content (AvgIpc) is 1.96. The van der Waals surface area contributed by atoms with E-state index in [4.69, 9.17) is 0 Å². The number of Topliss-reactive ketones (excluding diaryl/α,β-unsaturated/α-hetero) is 1. The number of nitrogens with zero attached hydrogens (tertiary/aromatic N) is 3. The van der Waals surface area contributed by atoms with E-state index in [-0.39, 0.29) is 5.78 Å². The molecule has 0 unspecified atom stereocenters. The fourth-order valence-electron chi connectivity index (χ4n) is 0.637. The summed E-state index contributed by atoms with van der Waals surface area (Å²) in [4.78, 5) is 18.7. The first kappa shape index (κ1) is 11.7. The Labute approximate surface area is 79.5 Å². The van der Waals surface area contributed by atoms with Crippen LogP contribution >= 0.6 is 0 Å². The van der Waals surface area contributed by atoms with Gasteiger partial charge in [0.25, 0.3) is 0 Å². The van der Waals surface area contributed by atoms with Gasteiger partial charge in [0.1, 0.15) is 5.70 Å². The quantitative estimate of drug-likeness (QED) is 0.363. The molecule has 74 valence electrons. The molecule has 0 saturated heterocycles. The van der Waals surface area contributed by atoms with Gasteiger partial charge in [-0.25, -0.2) is 4.99 Å². The first-order valence-electron chi connectivity index (χ1n) is 4.03.